The summed E-state index contributed by atoms with van der Waals surface area (Å²) in [6, 6.07) is 9.63. The molecule has 2 heterocycles. The molecule has 2 aliphatic heterocycles. The molecule has 1 saturated heterocycles. The Morgan fingerprint density at radius 1 is 1.12 bits per heavy atom. The van der Waals surface area contributed by atoms with Crippen LogP contribution < -0.4 is 0 Å². The number of carbonyl (C=O) groups is 2. The number of rotatable bonds is 5. The molecule has 3 rings (SSSR count). The maximum atomic E-state index is 13.0. The summed E-state index contributed by atoms with van der Waals surface area (Å²) >= 11 is 0. The van der Waals surface area contributed by atoms with Crippen LogP contribution in [0.4, 0.5) is 0 Å². The lowest BCUT2D eigenvalue weighted by Crippen LogP contribution is -2.39. The summed E-state index contributed by atoms with van der Waals surface area (Å²) in [5, 5.41) is 0. The van der Waals surface area contributed by atoms with Gasteiger partial charge in [0.15, 0.2) is 0 Å². The van der Waals surface area contributed by atoms with Crippen molar-refractivity contribution < 1.29 is 9.59 Å². The average Bonchev–Trinajstić information content (AvgIpc) is 2.84. The highest BCUT2D eigenvalue weighted by Crippen LogP contribution is 2.33. The van der Waals surface area contributed by atoms with Gasteiger partial charge in [-0.05, 0) is 30.7 Å². The van der Waals surface area contributed by atoms with Gasteiger partial charge in [-0.25, -0.2) is 0 Å². The van der Waals surface area contributed by atoms with Crippen molar-refractivity contribution in [3.8, 4) is 0 Å². The Hall–Kier alpha value is -2.10. The largest absolute Gasteiger partial charge is 0.366 e. The third-order valence-electron chi connectivity index (χ3n) is 4.91. The number of hydrogen-bond donors (Lipinski definition) is 0. The van der Waals surface area contributed by atoms with Gasteiger partial charge in [-0.15, -0.1) is 0 Å². The summed E-state index contributed by atoms with van der Waals surface area (Å²) in [6.07, 6.45) is 4.08. The van der Waals surface area contributed by atoms with Gasteiger partial charge in [0.05, 0.1) is 5.57 Å². The zero-order valence-electron chi connectivity index (χ0n) is 14.6. The van der Waals surface area contributed by atoms with Gasteiger partial charge >= 0.3 is 0 Å². The van der Waals surface area contributed by atoms with Gasteiger partial charge < -0.3 is 4.90 Å². The lowest BCUT2D eigenvalue weighted by molar-refractivity contribution is -0.137. The maximum Gasteiger partial charge on any atom is 0.277 e. The Kier molecular flexibility index (Phi) is 5.03. The molecule has 4 heteroatoms. The van der Waals surface area contributed by atoms with E-state index in [0.717, 1.165) is 37.9 Å². The lowest BCUT2D eigenvalue weighted by Gasteiger charge is -2.33. The highest BCUT2D eigenvalue weighted by Gasteiger charge is 2.41. The summed E-state index contributed by atoms with van der Waals surface area (Å²) in [4.78, 5) is 29.6. The topological polar surface area (TPSA) is 40.6 Å². The van der Waals surface area contributed by atoms with Gasteiger partial charge in [0.2, 0.25) is 0 Å². The first-order valence-electron chi connectivity index (χ1n) is 9.04. The number of imide groups is 1. The van der Waals surface area contributed by atoms with Crippen LogP contribution in [-0.4, -0.2) is 41.2 Å². The Morgan fingerprint density at radius 3 is 2.54 bits per heavy atom. The zero-order valence-corrected chi connectivity index (χ0v) is 14.6. The summed E-state index contributed by atoms with van der Waals surface area (Å²) in [6.45, 7) is 6.51. The maximum absolute atomic E-state index is 13.0. The van der Waals surface area contributed by atoms with Gasteiger partial charge in [-0.1, -0.05) is 50.6 Å². The number of piperidine rings is 1. The van der Waals surface area contributed by atoms with Crippen molar-refractivity contribution in [2.75, 3.05) is 19.6 Å². The minimum Gasteiger partial charge on any atom is -0.366 e. The predicted molar refractivity (Wildman–Crippen MR) is 95.0 cm³/mol. The minimum absolute atomic E-state index is 0.110. The van der Waals surface area contributed by atoms with E-state index in [1.807, 2.05) is 30.3 Å². The second kappa shape index (κ2) is 7.20. The number of carbonyl (C=O) groups excluding carboxylic acids is 2. The standard InChI is InChI=1S/C20H26N2O2/c1-3-4-13-22-19(23)17(16-10-6-5-7-11-16)18(20(22)24)21-12-8-9-15(2)14-21/h5-7,10-11,15H,3-4,8-9,12-14H2,1-2H3. The molecule has 2 amide bonds. The van der Waals surface area contributed by atoms with E-state index in [9.17, 15) is 9.59 Å². The van der Waals surface area contributed by atoms with E-state index in [-0.39, 0.29) is 11.8 Å². The lowest BCUT2D eigenvalue weighted by atomic mass is 9.98. The summed E-state index contributed by atoms with van der Waals surface area (Å²) in [7, 11) is 0. The summed E-state index contributed by atoms with van der Waals surface area (Å²) in [5.41, 5.74) is 2.06. The molecule has 1 atom stereocenters. The van der Waals surface area contributed by atoms with Crippen LogP contribution >= 0.6 is 0 Å². The normalized spacial score (nSPS) is 21.8. The quantitative estimate of drug-likeness (QED) is 0.780. The van der Waals surface area contributed by atoms with E-state index in [0.29, 0.717) is 23.7 Å². The fourth-order valence-electron chi connectivity index (χ4n) is 3.63. The van der Waals surface area contributed by atoms with Crippen LogP contribution in [0.15, 0.2) is 36.0 Å². The van der Waals surface area contributed by atoms with Crippen LogP contribution in [-0.2, 0) is 9.59 Å². The molecule has 0 N–H and O–H groups in total. The molecular weight excluding hydrogens is 300 g/mol. The van der Waals surface area contributed by atoms with Gasteiger partial charge in [0, 0.05) is 19.6 Å². The molecule has 0 bridgehead atoms. The first kappa shape index (κ1) is 16.7. The van der Waals surface area contributed by atoms with Gasteiger partial charge in [0.1, 0.15) is 5.70 Å². The average molecular weight is 326 g/mol. The first-order valence-corrected chi connectivity index (χ1v) is 9.04. The number of amides is 2. The van der Waals surface area contributed by atoms with Crippen LogP contribution in [0.3, 0.4) is 0 Å². The zero-order chi connectivity index (χ0) is 17.1. The highest BCUT2D eigenvalue weighted by atomic mass is 16.2. The fraction of sp³-hybridized carbons (Fsp3) is 0.500. The van der Waals surface area contributed by atoms with E-state index >= 15 is 0 Å². The Bertz CT molecular complexity index is 651. The molecule has 4 nitrogen and oxygen atoms in total. The van der Waals surface area contributed by atoms with E-state index in [4.69, 9.17) is 0 Å². The van der Waals surface area contributed by atoms with Crippen molar-refractivity contribution in [2.24, 2.45) is 5.92 Å². The van der Waals surface area contributed by atoms with E-state index in [1.54, 1.807) is 0 Å². The minimum atomic E-state index is -0.132. The molecule has 0 saturated carbocycles. The highest BCUT2D eigenvalue weighted by molar-refractivity contribution is 6.35. The van der Waals surface area contributed by atoms with Crippen molar-refractivity contribution in [3.63, 3.8) is 0 Å². The smallest absolute Gasteiger partial charge is 0.277 e. The SMILES string of the molecule is CCCCN1C(=O)C(c2ccccc2)=C(N2CCCC(C)C2)C1=O. The number of nitrogens with zero attached hydrogens (tertiary/aromatic N) is 2. The van der Waals surface area contributed by atoms with Crippen molar-refractivity contribution in [1.29, 1.82) is 0 Å². The predicted octanol–water partition coefficient (Wildman–Crippen LogP) is 3.30. The third-order valence-corrected chi connectivity index (χ3v) is 4.91. The van der Waals surface area contributed by atoms with Crippen LogP contribution in [0.2, 0.25) is 0 Å². The second-order valence-electron chi connectivity index (χ2n) is 6.90. The molecule has 0 spiro atoms. The van der Waals surface area contributed by atoms with Crippen LogP contribution in [0.25, 0.3) is 5.57 Å². The molecule has 24 heavy (non-hydrogen) atoms. The van der Waals surface area contributed by atoms with E-state index in [2.05, 4.69) is 18.7 Å². The van der Waals surface area contributed by atoms with E-state index < -0.39 is 0 Å². The monoisotopic (exact) mass is 326 g/mol. The van der Waals surface area contributed by atoms with Gasteiger partial charge in [0.25, 0.3) is 11.8 Å². The summed E-state index contributed by atoms with van der Waals surface area (Å²) < 4.78 is 0. The molecule has 128 valence electrons. The Morgan fingerprint density at radius 2 is 1.88 bits per heavy atom. The molecular formula is C20H26N2O2. The first-order chi connectivity index (χ1) is 11.6. The summed E-state index contributed by atoms with van der Waals surface area (Å²) in [5.74, 6) is 0.310. The van der Waals surface area contributed by atoms with Gasteiger partial charge in [-0.2, -0.15) is 0 Å². The molecule has 0 aromatic heterocycles. The number of likely N-dealkylation sites (tertiary alicyclic amines) is 1. The molecule has 1 aromatic rings. The molecule has 0 aliphatic carbocycles. The molecule has 1 aromatic carbocycles. The molecule has 0 radical (unpaired) electrons. The van der Waals surface area contributed by atoms with Crippen LogP contribution in [0.1, 0.15) is 45.1 Å². The van der Waals surface area contributed by atoms with Crippen LogP contribution in [0, 0.1) is 5.92 Å². The number of hydrogen-bond acceptors (Lipinski definition) is 3. The number of unbranched alkanes of at least 4 members (excludes halogenated alkanes) is 1. The fourth-order valence-corrected chi connectivity index (χ4v) is 3.63. The Balaban J connectivity index is 2.01. The Labute approximate surface area is 144 Å². The third kappa shape index (κ3) is 3.10. The van der Waals surface area contributed by atoms with Crippen molar-refractivity contribution in [2.45, 2.75) is 39.5 Å². The van der Waals surface area contributed by atoms with Crippen molar-refractivity contribution in [1.82, 2.24) is 9.80 Å². The molecule has 1 unspecified atom stereocenters. The second-order valence-corrected chi connectivity index (χ2v) is 6.90. The van der Waals surface area contributed by atoms with Crippen molar-refractivity contribution >= 4 is 17.4 Å². The number of benzene rings is 1. The van der Waals surface area contributed by atoms with E-state index in [1.165, 1.54) is 11.3 Å². The van der Waals surface area contributed by atoms with Crippen LogP contribution in [0.5, 0.6) is 0 Å². The van der Waals surface area contributed by atoms with Gasteiger partial charge in [-0.3, -0.25) is 14.5 Å². The molecule has 1 fully saturated rings. The van der Waals surface area contributed by atoms with Crippen molar-refractivity contribution in [3.05, 3.63) is 41.6 Å². The molecule has 2 aliphatic rings.